The average molecular weight is 285 g/mol. The minimum Gasteiger partial charge on any atom is -0.451 e. The zero-order valence-corrected chi connectivity index (χ0v) is 12.7. The van der Waals surface area contributed by atoms with E-state index in [1.54, 1.807) is 20.8 Å². The lowest BCUT2D eigenvalue weighted by atomic mass is 10.0. The number of esters is 1. The summed E-state index contributed by atoms with van der Waals surface area (Å²) in [5.41, 5.74) is 3.11. The fraction of sp³-hybridized carbons (Fsp3) is 0.294. The molecular formula is C17H19NO3. The number of aryl methyl sites for hydroxylation is 1. The van der Waals surface area contributed by atoms with E-state index >= 15 is 0 Å². The number of Topliss-reactive ketones (excluding diaryl/α,β-unsaturated/α-hetero) is 1. The number of carbonyl (C=O) groups is 2. The first kappa shape index (κ1) is 15.0. The molecule has 4 heteroatoms. The van der Waals surface area contributed by atoms with E-state index in [1.807, 2.05) is 31.2 Å². The molecule has 2 aromatic rings. The van der Waals surface area contributed by atoms with Gasteiger partial charge in [-0.05, 0) is 33.8 Å². The SMILES string of the molecule is CC(C)=CC(=O)O[C@H](C)C(=O)c1c(C)[nH]c2ccccc12. The summed E-state index contributed by atoms with van der Waals surface area (Å²) < 4.78 is 5.17. The molecule has 0 aliphatic heterocycles. The molecule has 2 rings (SSSR count). The number of allylic oxidation sites excluding steroid dienone is 1. The summed E-state index contributed by atoms with van der Waals surface area (Å²) in [6.07, 6.45) is 0.567. The summed E-state index contributed by atoms with van der Waals surface area (Å²) in [5.74, 6) is -0.686. The van der Waals surface area contributed by atoms with Gasteiger partial charge in [-0.25, -0.2) is 4.79 Å². The number of fused-ring (bicyclic) bond motifs is 1. The molecule has 1 heterocycles. The van der Waals surface area contributed by atoms with Crippen molar-refractivity contribution in [1.29, 1.82) is 0 Å². The standard InChI is InChI=1S/C17H19NO3/c1-10(2)9-15(19)21-12(4)17(20)16-11(3)18-14-8-6-5-7-13(14)16/h5-9,12,18H,1-4H3/t12-/m1/s1. The summed E-state index contributed by atoms with van der Waals surface area (Å²) in [6, 6.07) is 7.59. The van der Waals surface area contributed by atoms with Crippen molar-refractivity contribution < 1.29 is 14.3 Å². The lowest BCUT2D eigenvalue weighted by Gasteiger charge is -2.11. The van der Waals surface area contributed by atoms with E-state index in [0.29, 0.717) is 5.56 Å². The smallest absolute Gasteiger partial charge is 0.331 e. The third-order valence-electron chi connectivity index (χ3n) is 3.21. The van der Waals surface area contributed by atoms with Crippen LogP contribution in [-0.2, 0) is 9.53 Å². The normalized spacial score (nSPS) is 12.0. The maximum Gasteiger partial charge on any atom is 0.331 e. The van der Waals surface area contributed by atoms with E-state index in [2.05, 4.69) is 4.98 Å². The van der Waals surface area contributed by atoms with Crippen molar-refractivity contribution in [2.75, 3.05) is 0 Å². The van der Waals surface area contributed by atoms with Gasteiger partial charge in [0.2, 0.25) is 5.78 Å². The quantitative estimate of drug-likeness (QED) is 0.531. The number of ketones is 1. The van der Waals surface area contributed by atoms with Crippen molar-refractivity contribution in [2.45, 2.75) is 33.8 Å². The van der Waals surface area contributed by atoms with Gasteiger partial charge in [0.05, 0.1) is 0 Å². The Balaban J connectivity index is 2.28. The van der Waals surface area contributed by atoms with Crippen LogP contribution in [0.3, 0.4) is 0 Å². The number of aromatic nitrogens is 1. The molecule has 0 fully saturated rings. The molecule has 0 spiro atoms. The van der Waals surface area contributed by atoms with E-state index in [9.17, 15) is 9.59 Å². The lowest BCUT2D eigenvalue weighted by molar-refractivity contribution is -0.140. The minimum atomic E-state index is -0.814. The van der Waals surface area contributed by atoms with Crippen LogP contribution in [0.1, 0.15) is 36.8 Å². The monoisotopic (exact) mass is 285 g/mol. The largest absolute Gasteiger partial charge is 0.451 e. The number of hydrogen-bond acceptors (Lipinski definition) is 3. The number of carbonyl (C=O) groups excluding carboxylic acids is 2. The lowest BCUT2D eigenvalue weighted by Crippen LogP contribution is -2.24. The van der Waals surface area contributed by atoms with Crippen LogP contribution < -0.4 is 0 Å². The minimum absolute atomic E-state index is 0.194. The van der Waals surface area contributed by atoms with E-state index in [4.69, 9.17) is 4.74 Å². The Bertz CT molecular complexity index is 721. The van der Waals surface area contributed by atoms with Gasteiger partial charge in [-0.1, -0.05) is 23.8 Å². The predicted octanol–water partition coefficient (Wildman–Crippen LogP) is 3.56. The molecule has 1 aromatic carbocycles. The molecule has 0 aliphatic carbocycles. The highest BCUT2D eigenvalue weighted by Gasteiger charge is 2.23. The molecule has 0 aliphatic rings. The second kappa shape index (κ2) is 5.95. The zero-order chi connectivity index (χ0) is 15.6. The van der Waals surface area contributed by atoms with E-state index in [1.165, 1.54) is 6.08 Å². The highest BCUT2D eigenvalue weighted by atomic mass is 16.5. The van der Waals surface area contributed by atoms with Crippen LogP contribution in [0.2, 0.25) is 0 Å². The van der Waals surface area contributed by atoms with Gasteiger partial charge < -0.3 is 9.72 Å². The third-order valence-corrected chi connectivity index (χ3v) is 3.21. The fourth-order valence-corrected chi connectivity index (χ4v) is 2.29. The van der Waals surface area contributed by atoms with Crippen LogP contribution in [0.15, 0.2) is 35.9 Å². The molecule has 4 nitrogen and oxygen atoms in total. The van der Waals surface area contributed by atoms with Crippen molar-refractivity contribution in [2.24, 2.45) is 0 Å². The molecule has 0 bridgehead atoms. The fourth-order valence-electron chi connectivity index (χ4n) is 2.29. The van der Waals surface area contributed by atoms with Gasteiger partial charge >= 0.3 is 5.97 Å². The average Bonchev–Trinajstić information content (AvgIpc) is 2.72. The highest BCUT2D eigenvalue weighted by molar-refractivity contribution is 6.11. The van der Waals surface area contributed by atoms with Crippen LogP contribution in [0, 0.1) is 6.92 Å². The summed E-state index contributed by atoms with van der Waals surface area (Å²) >= 11 is 0. The Labute approximate surface area is 123 Å². The second-order valence-corrected chi connectivity index (χ2v) is 5.34. The van der Waals surface area contributed by atoms with E-state index in [0.717, 1.165) is 22.2 Å². The predicted molar refractivity (Wildman–Crippen MR) is 82.4 cm³/mol. The molecule has 0 unspecified atom stereocenters. The number of hydrogen-bond donors (Lipinski definition) is 1. The summed E-state index contributed by atoms with van der Waals surface area (Å²) in [6.45, 7) is 7.05. The number of para-hydroxylation sites is 1. The van der Waals surface area contributed by atoms with Crippen LogP contribution in [0.25, 0.3) is 10.9 Å². The van der Waals surface area contributed by atoms with Gasteiger partial charge in [-0.3, -0.25) is 4.79 Å². The molecule has 1 atom stereocenters. The molecule has 1 aromatic heterocycles. The first-order valence-corrected chi connectivity index (χ1v) is 6.87. The molecule has 0 amide bonds. The van der Waals surface area contributed by atoms with E-state index < -0.39 is 12.1 Å². The Kier molecular flexibility index (Phi) is 4.26. The van der Waals surface area contributed by atoms with Crippen molar-refractivity contribution in [3.8, 4) is 0 Å². The number of nitrogens with one attached hydrogen (secondary N) is 1. The first-order valence-electron chi connectivity index (χ1n) is 6.87. The first-order chi connectivity index (χ1) is 9.90. The zero-order valence-electron chi connectivity index (χ0n) is 12.7. The number of H-pyrrole nitrogens is 1. The topological polar surface area (TPSA) is 59.2 Å². The Morgan fingerprint density at radius 1 is 1.24 bits per heavy atom. The summed E-state index contributed by atoms with van der Waals surface area (Å²) in [7, 11) is 0. The Morgan fingerprint density at radius 2 is 1.90 bits per heavy atom. The van der Waals surface area contributed by atoms with Gasteiger partial charge in [0.25, 0.3) is 0 Å². The maximum atomic E-state index is 12.5. The number of aromatic amines is 1. The van der Waals surface area contributed by atoms with Crippen LogP contribution in [-0.4, -0.2) is 22.8 Å². The number of benzene rings is 1. The van der Waals surface area contributed by atoms with Crippen molar-refractivity contribution in [3.05, 3.63) is 47.2 Å². The van der Waals surface area contributed by atoms with Crippen LogP contribution in [0.5, 0.6) is 0 Å². The van der Waals surface area contributed by atoms with Gasteiger partial charge in [0.1, 0.15) is 0 Å². The molecular weight excluding hydrogens is 266 g/mol. The van der Waals surface area contributed by atoms with E-state index in [-0.39, 0.29) is 5.78 Å². The molecule has 1 N–H and O–H groups in total. The third kappa shape index (κ3) is 3.21. The van der Waals surface area contributed by atoms with Crippen molar-refractivity contribution in [1.82, 2.24) is 4.98 Å². The van der Waals surface area contributed by atoms with Crippen molar-refractivity contribution >= 4 is 22.7 Å². The summed E-state index contributed by atoms with van der Waals surface area (Å²) in [5, 5.41) is 0.852. The van der Waals surface area contributed by atoms with Crippen LogP contribution >= 0.6 is 0 Å². The number of rotatable bonds is 4. The molecule has 21 heavy (non-hydrogen) atoms. The van der Waals surface area contributed by atoms with Gasteiger partial charge in [-0.2, -0.15) is 0 Å². The number of ether oxygens (including phenoxy) is 1. The second-order valence-electron chi connectivity index (χ2n) is 5.34. The van der Waals surface area contributed by atoms with Gasteiger partial charge in [0.15, 0.2) is 6.10 Å². The molecule has 110 valence electrons. The van der Waals surface area contributed by atoms with Gasteiger partial charge in [-0.15, -0.1) is 0 Å². The Morgan fingerprint density at radius 3 is 2.57 bits per heavy atom. The Hall–Kier alpha value is -2.36. The highest BCUT2D eigenvalue weighted by Crippen LogP contribution is 2.23. The van der Waals surface area contributed by atoms with Gasteiger partial charge in [0, 0.05) is 28.2 Å². The van der Waals surface area contributed by atoms with Crippen molar-refractivity contribution in [3.63, 3.8) is 0 Å². The molecule has 0 saturated carbocycles. The maximum absolute atomic E-state index is 12.5. The van der Waals surface area contributed by atoms with Crippen LogP contribution in [0.4, 0.5) is 0 Å². The molecule has 0 radical (unpaired) electrons. The molecule has 0 saturated heterocycles. The summed E-state index contributed by atoms with van der Waals surface area (Å²) in [4.78, 5) is 27.3.